The minimum Gasteiger partial charge on any atom is -0.396 e. The second-order valence-electron chi connectivity index (χ2n) is 5.19. The number of hydrogen-bond donors (Lipinski definition) is 1. The Morgan fingerprint density at radius 1 is 0.900 bits per heavy atom. The van der Waals surface area contributed by atoms with E-state index in [1.807, 2.05) is 12.1 Å². The molecule has 0 aliphatic rings. The van der Waals surface area contributed by atoms with Crippen molar-refractivity contribution < 1.29 is 9.84 Å². The van der Waals surface area contributed by atoms with E-state index >= 15 is 0 Å². The van der Waals surface area contributed by atoms with Crippen LogP contribution in [0.15, 0.2) is 60.7 Å². The Balaban J connectivity index is 2.24. The third kappa shape index (κ3) is 3.47. The number of benzene rings is 2. The molecule has 0 bridgehead atoms. The van der Waals surface area contributed by atoms with Crippen molar-refractivity contribution in [3.05, 3.63) is 71.8 Å². The van der Waals surface area contributed by atoms with Gasteiger partial charge in [0.05, 0.1) is 6.61 Å². The predicted molar refractivity (Wildman–Crippen MR) is 81.9 cm³/mol. The maximum absolute atomic E-state index is 8.85. The summed E-state index contributed by atoms with van der Waals surface area (Å²) in [5, 5.41) is 8.85. The molecule has 0 saturated heterocycles. The molecule has 0 fully saturated rings. The molecule has 106 valence electrons. The SMILES string of the molecule is CC(COCCCO)(c1ccccc1)c1ccccc1. The standard InChI is InChI=1S/C18H22O2/c1-18(15-20-14-8-13-19,16-9-4-2-5-10-16)17-11-6-3-7-12-17/h2-7,9-12,19H,8,13-15H2,1H3. The highest BCUT2D eigenvalue weighted by molar-refractivity contribution is 5.38. The van der Waals surface area contributed by atoms with Gasteiger partial charge in [0.2, 0.25) is 0 Å². The number of rotatable bonds is 7. The van der Waals surface area contributed by atoms with E-state index in [0.717, 1.165) is 0 Å². The fraction of sp³-hybridized carbons (Fsp3) is 0.333. The molecule has 1 N–H and O–H groups in total. The highest BCUT2D eigenvalue weighted by Crippen LogP contribution is 2.32. The lowest BCUT2D eigenvalue weighted by molar-refractivity contribution is 0.0883. The quantitative estimate of drug-likeness (QED) is 0.781. The average Bonchev–Trinajstić information content (AvgIpc) is 2.53. The van der Waals surface area contributed by atoms with Gasteiger partial charge < -0.3 is 9.84 Å². The van der Waals surface area contributed by atoms with Crippen molar-refractivity contribution in [2.45, 2.75) is 18.8 Å². The maximum Gasteiger partial charge on any atom is 0.0601 e. The first-order valence-corrected chi connectivity index (χ1v) is 7.07. The largest absolute Gasteiger partial charge is 0.396 e. The monoisotopic (exact) mass is 270 g/mol. The van der Waals surface area contributed by atoms with Crippen molar-refractivity contribution in [3.8, 4) is 0 Å². The number of aliphatic hydroxyl groups excluding tert-OH is 1. The van der Waals surface area contributed by atoms with Crippen molar-refractivity contribution in [2.24, 2.45) is 0 Å². The first kappa shape index (κ1) is 14.8. The van der Waals surface area contributed by atoms with Gasteiger partial charge in [-0.1, -0.05) is 60.7 Å². The molecular weight excluding hydrogens is 248 g/mol. The summed E-state index contributed by atoms with van der Waals surface area (Å²) >= 11 is 0. The smallest absolute Gasteiger partial charge is 0.0601 e. The Hall–Kier alpha value is -1.64. The highest BCUT2D eigenvalue weighted by Gasteiger charge is 2.28. The van der Waals surface area contributed by atoms with E-state index < -0.39 is 0 Å². The van der Waals surface area contributed by atoms with E-state index in [1.54, 1.807) is 0 Å². The van der Waals surface area contributed by atoms with E-state index in [9.17, 15) is 0 Å². The van der Waals surface area contributed by atoms with Crippen molar-refractivity contribution in [1.29, 1.82) is 0 Å². The summed E-state index contributed by atoms with van der Waals surface area (Å²) in [6.45, 7) is 3.58. The Morgan fingerprint density at radius 2 is 1.40 bits per heavy atom. The first-order valence-electron chi connectivity index (χ1n) is 7.07. The Bertz CT molecular complexity index is 454. The molecule has 0 saturated carbocycles. The summed E-state index contributed by atoms with van der Waals surface area (Å²) in [5.74, 6) is 0. The summed E-state index contributed by atoms with van der Waals surface area (Å²) in [5.41, 5.74) is 2.32. The van der Waals surface area contributed by atoms with Gasteiger partial charge in [0.1, 0.15) is 0 Å². The molecule has 2 aromatic carbocycles. The van der Waals surface area contributed by atoms with Crippen molar-refractivity contribution in [3.63, 3.8) is 0 Å². The molecule has 0 aromatic heterocycles. The van der Waals surface area contributed by atoms with E-state index in [1.165, 1.54) is 11.1 Å². The van der Waals surface area contributed by atoms with Gasteiger partial charge in [0.25, 0.3) is 0 Å². The predicted octanol–water partition coefficient (Wildman–Crippen LogP) is 3.39. The van der Waals surface area contributed by atoms with Gasteiger partial charge in [0.15, 0.2) is 0 Å². The lowest BCUT2D eigenvalue weighted by Gasteiger charge is -2.30. The zero-order valence-corrected chi connectivity index (χ0v) is 12.0. The van der Waals surface area contributed by atoms with Gasteiger partial charge in [-0.2, -0.15) is 0 Å². The summed E-state index contributed by atoms with van der Waals surface area (Å²) in [6.07, 6.45) is 0.680. The van der Waals surface area contributed by atoms with Crippen LogP contribution in [0.2, 0.25) is 0 Å². The van der Waals surface area contributed by atoms with Crippen LogP contribution >= 0.6 is 0 Å². The van der Waals surface area contributed by atoms with Crippen LogP contribution in [0.4, 0.5) is 0 Å². The molecule has 0 aliphatic carbocycles. The highest BCUT2D eigenvalue weighted by atomic mass is 16.5. The number of aliphatic hydroxyl groups is 1. The zero-order chi connectivity index (χ0) is 14.3. The summed E-state index contributed by atoms with van der Waals surface area (Å²) in [4.78, 5) is 0. The van der Waals surface area contributed by atoms with E-state index in [-0.39, 0.29) is 12.0 Å². The van der Waals surface area contributed by atoms with E-state index in [2.05, 4.69) is 55.5 Å². The van der Waals surface area contributed by atoms with Crippen LogP contribution in [0.5, 0.6) is 0 Å². The number of hydrogen-bond acceptors (Lipinski definition) is 2. The van der Waals surface area contributed by atoms with Crippen LogP contribution < -0.4 is 0 Å². The van der Waals surface area contributed by atoms with Gasteiger partial charge in [0, 0.05) is 18.6 Å². The molecule has 0 unspecified atom stereocenters. The minimum atomic E-state index is -0.169. The van der Waals surface area contributed by atoms with Crippen LogP contribution in [-0.2, 0) is 10.2 Å². The second kappa shape index (κ2) is 7.22. The zero-order valence-electron chi connectivity index (χ0n) is 12.0. The first-order chi connectivity index (χ1) is 9.77. The third-order valence-electron chi connectivity index (χ3n) is 3.66. The average molecular weight is 270 g/mol. The molecule has 2 aromatic rings. The summed E-state index contributed by atoms with van der Waals surface area (Å²) in [7, 11) is 0. The fourth-order valence-corrected chi connectivity index (χ4v) is 2.39. The molecule has 2 rings (SSSR count). The van der Waals surface area contributed by atoms with Crippen molar-refractivity contribution >= 4 is 0 Å². The molecule has 2 nitrogen and oxygen atoms in total. The van der Waals surface area contributed by atoms with Crippen molar-refractivity contribution in [2.75, 3.05) is 19.8 Å². The van der Waals surface area contributed by atoms with Gasteiger partial charge >= 0.3 is 0 Å². The molecule has 0 atom stereocenters. The van der Waals surface area contributed by atoms with E-state index in [4.69, 9.17) is 9.84 Å². The fourth-order valence-electron chi connectivity index (χ4n) is 2.39. The van der Waals surface area contributed by atoms with Gasteiger partial charge in [-0.05, 0) is 24.5 Å². The molecule has 0 spiro atoms. The third-order valence-corrected chi connectivity index (χ3v) is 3.66. The lowest BCUT2D eigenvalue weighted by atomic mass is 9.77. The minimum absolute atomic E-state index is 0.169. The molecule has 0 aliphatic heterocycles. The van der Waals surface area contributed by atoms with Gasteiger partial charge in [-0.3, -0.25) is 0 Å². The van der Waals surface area contributed by atoms with Crippen LogP contribution in [0, 0.1) is 0 Å². The van der Waals surface area contributed by atoms with Gasteiger partial charge in [-0.15, -0.1) is 0 Å². The van der Waals surface area contributed by atoms with Crippen LogP contribution in [-0.4, -0.2) is 24.9 Å². The van der Waals surface area contributed by atoms with Crippen LogP contribution in [0.25, 0.3) is 0 Å². The molecule has 20 heavy (non-hydrogen) atoms. The van der Waals surface area contributed by atoms with Gasteiger partial charge in [-0.25, -0.2) is 0 Å². The van der Waals surface area contributed by atoms with Crippen LogP contribution in [0.1, 0.15) is 24.5 Å². The Kier molecular flexibility index (Phi) is 5.33. The summed E-state index contributed by atoms with van der Waals surface area (Å²) in [6, 6.07) is 20.9. The molecule has 0 amide bonds. The molecule has 0 heterocycles. The molecule has 2 heteroatoms. The van der Waals surface area contributed by atoms with E-state index in [0.29, 0.717) is 19.6 Å². The second-order valence-corrected chi connectivity index (χ2v) is 5.19. The molecule has 0 radical (unpaired) electrons. The Morgan fingerprint density at radius 3 is 1.85 bits per heavy atom. The van der Waals surface area contributed by atoms with Crippen LogP contribution in [0.3, 0.4) is 0 Å². The lowest BCUT2D eigenvalue weighted by Crippen LogP contribution is -2.30. The topological polar surface area (TPSA) is 29.5 Å². The summed E-state index contributed by atoms with van der Waals surface area (Å²) < 4.78 is 5.79. The van der Waals surface area contributed by atoms with Crippen molar-refractivity contribution in [1.82, 2.24) is 0 Å². The normalized spacial score (nSPS) is 11.5. The number of ether oxygens (including phenoxy) is 1. The molecular formula is C18H22O2. The Labute approximate surface area is 121 Å². The maximum atomic E-state index is 8.85.